The van der Waals surface area contributed by atoms with Gasteiger partial charge in [-0.15, -0.1) is 13.2 Å². The highest BCUT2D eigenvalue weighted by Gasteiger charge is 2.32. The third-order valence-electron chi connectivity index (χ3n) is 3.11. The van der Waals surface area contributed by atoms with Gasteiger partial charge >= 0.3 is 6.36 Å². The second-order valence-electron chi connectivity index (χ2n) is 4.53. The Bertz CT molecular complexity index is 465. The van der Waals surface area contributed by atoms with Crippen LogP contribution in [0.4, 0.5) is 18.9 Å². The molecule has 0 heterocycles. The number of halogens is 3. The van der Waals surface area contributed by atoms with Crippen molar-refractivity contribution in [3.63, 3.8) is 0 Å². The first-order valence-corrected chi connectivity index (χ1v) is 6.14. The first-order chi connectivity index (χ1) is 8.96. The first-order valence-electron chi connectivity index (χ1n) is 6.14. The minimum Gasteiger partial charge on any atom is -0.403 e. The average Bonchev–Trinajstić information content (AvgIpc) is 2.83. The Morgan fingerprint density at radius 2 is 1.84 bits per heavy atom. The number of nitrogens with two attached hydrogens (primary N) is 1. The van der Waals surface area contributed by atoms with Crippen LogP contribution in [0.5, 0.6) is 5.75 Å². The molecule has 1 fully saturated rings. The zero-order valence-electron chi connectivity index (χ0n) is 10.3. The molecule has 0 radical (unpaired) electrons. The molecule has 2 N–H and O–H groups in total. The molecule has 3 nitrogen and oxygen atoms in total. The molecule has 0 spiro atoms. The van der Waals surface area contributed by atoms with Crippen molar-refractivity contribution >= 4 is 11.5 Å². The molecule has 0 amide bonds. The lowest BCUT2D eigenvalue weighted by Crippen LogP contribution is -2.21. The third kappa shape index (κ3) is 3.87. The molecule has 0 atom stereocenters. The number of hydrogen-bond acceptors (Lipinski definition) is 2. The lowest BCUT2D eigenvalue weighted by molar-refractivity contribution is -0.274. The molecule has 1 aromatic rings. The van der Waals surface area contributed by atoms with Gasteiger partial charge in [0.2, 0.25) is 0 Å². The number of amidine groups is 1. The van der Waals surface area contributed by atoms with E-state index in [2.05, 4.69) is 9.73 Å². The van der Waals surface area contributed by atoms with E-state index in [0.717, 1.165) is 25.7 Å². The van der Waals surface area contributed by atoms with Crippen molar-refractivity contribution in [1.82, 2.24) is 0 Å². The molecule has 19 heavy (non-hydrogen) atoms. The van der Waals surface area contributed by atoms with Gasteiger partial charge in [-0.1, -0.05) is 25.0 Å². The van der Waals surface area contributed by atoms with E-state index in [4.69, 9.17) is 5.73 Å². The summed E-state index contributed by atoms with van der Waals surface area (Å²) in [5.74, 6) is 0.227. The summed E-state index contributed by atoms with van der Waals surface area (Å²) in [5.41, 5.74) is 5.97. The van der Waals surface area contributed by atoms with Crippen LogP contribution in [0.2, 0.25) is 0 Å². The summed E-state index contributed by atoms with van der Waals surface area (Å²) in [4.78, 5) is 4.09. The first kappa shape index (κ1) is 13.7. The summed E-state index contributed by atoms with van der Waals surface area (Å²) in [6.07, 6.45) is -0.674. The molecule has 1 aliphatic rings. The zero-order chi connectivity index (χ0) is 13.9. The summed E-state index contributed by atoms with van der Waals surface area (Å²) in [5, 5.41) is 0. The molecular weight excluding hydrogens is 257 g/mol. The molecule has 0 saturated heterocycles. The van der Waals surface area contributed by atoms with Gasteiger partial charge in [0.05, 0.1) is 0 Å². The SMILES string of the molecule is NC(=Nc1ccccc1OC(F)(F)F)C1CCCC1. The van der Waals surface area contributed by atoms with Crippen LogP contribution in [0.25, 0.3) is 0 Å². The van der Waals surface area contributed by atoms with Crippen molar-refractivity contribution < 1.29 is 17.9 Å². The van der Waals surface area contributed by atoms with Crippen LogP contribution in [0.1, 0.15) is 25.7 Å². The standard InChI is InChI=1S/C13H15F3N2O/c14-13(15,16)19-11-8-4-3-7-10(11)18-12(17)9-5-1-2-6-9/h3-4,7-9H,1-2,5-6H2,(H2,17,18). The van der Waals surface area contributed by atoms with Gasteiger partial charge in [0.25, 0.3) is 0 Å². The zero-order valence-corrected chi connectivity index (χ0v) is 10.3. The average molecular weight is 272 g/mol. The third-order valence-corrected chi connectivity index (χ3v) is 3.11. The van der Waals surface area contributed by atoms with E-state index < -0.39 is 6.36 Å². The van der Waals surface area contributed by atoms with Gasteiger partial charge in [-0.3, -0.25) is 0 Å². The molecule has 0 aromatic heterocycles. The van der Waals surface area contributed by atoms with Gasteiger partial charge in [-0.05, 0) is 25.0 Å². The molecule has 1 aromatic carbocycles. The highest BCUT2D eigenvalue weighted by Crippen LogP contribution is 2.33. The summed E-state index contributed by atoms with van der Waals surface area (Å²) in [6.45, 7) is 0. The number of alkyl halides is 3. The lowest BCUT2D eigenvalue weighted by atomic mass is 10.1. The number of hydrogen-bond donors (Lipinski definition) is 1. The topological polar surface area (TPSA) is 47.6 Å². The van der Waals surface area contributed by atoms with Crippen LogP contribution in [0, 0.1) is 5.92 Å². The monoisotopic (exact) mass is 272 g/mol. The maximum Gasteiger partial charge on any atom is 0.573 e. The van der Waals surface area contributed by atoms with Gasteiger partial charge in [-0.2, -0.15) is 0 Å². The Labute approximate surface area is 109 Å². The number of benzene rings is 1. The fraction of sp³-hybridized carbons (Fsp3) is 0.462. The van der Waals surface area contributed by atoms with E-state index in [1.165, 1.54) is 18.2 Å². The molecule has 1 saturated carbocycles. The Kier molecular flexibility index (Phi) is 3.97. The number of ether oxygens (including phenoxy) is 1. The summed E-state index contributed by atoms with van der Waals surface area (Å²) >= 11 is 0. The van der Waals surface area contributed by atoms with Crippen LogP contribution in [-0.2, 0) is 0 Å². The Morgan fingerprint density at radius 1 is 1.21 bits per heavy atom. The van der Waals surface area contributed by atoms with E-state index in [-0.39, 0.29) is 17.4 Å². The Hall–Kier alpha value is -1.72. The van der Waals surface area contributed by atoms with E-state index in [0.29, 0.717) is 5.84 Å². The highest BCUT2D eigenvalue weighted by atomic mass is 19.4. The van der Waals surface area contributed by atoms with Gasteiger partial charge in [0, 0.05) is 5.92 Å². The maximum absolute atomic E-state index is 12.3. The minimum absolute atomic E-state index is 0.115. The molecule has 104 valence electrons. The predicted octanol–water partition coefficient (Wildman–Crippen LogP) is 3.76. The predicted molar refractivity (Wildman–Crippen MR) is 66.4 cm³/mol. The van der Waals surface area contributed by atoms with Gasteiger partial charge in [0.15, 0.2) is 5.75 Å². The Morgan fingerprint density at radius 3 is 2.47 bits per heavy atom. The van der Waals surface area contributed by atoms with Crippen molar-refractivity contribution in [1.29, 1.82) is 0 Å². The number of para-hydroxylation sites is 2. The van der Waals surface area contributed by atoms with Crippen LogP contribution < -0.4 is 10.5 Å². The molecule has 0 unspecified atom stereocenters. The molecule has 0 aliphatic heterocycles. The molecule has 6 heteroatoms. The summed E-state index contributed by atoms with van der Waals surface area (Å²) in [7, 11) is 0. The highest BCUT2D eigenvalue weighted by molar-refractivity contribution is 5.86. The molecule has 2 rings (SSSR count). The smallest absolute Gasteiger partial charge is 0.403 e. The van der Waals surface area contributed by atoms with Gasteiger partial charge in [-0.25, -0.2) is 4.99 Å². The second-order valence-corrected chi connectivity index (χ2v) is 4.53. The van der Waals surface area contributed by atoms with Gasteiger partial charge in [0.1, 0.15) is 11.5 Å². The quantitative estimate of drug-likeness (QED) is 0.672. The molecular formula is C13H15F3N2O. The second kappa shape index (κ2) is 5.50. The summed E-state index contributed by atoms with van der Waals surface area (Å²) < 4.78 is 40.7. The minimum atomic E-state index is -4.73. The fourth-order valence-electron chi connectivity index (χ4n) is 2.21. The van der Waals surface area contributed by atoms with Crippen molar-refractivity contribution in [2.24, 2.45) is 16.6 Å². The van der Waals surface area contributed by atoms with E-state index in [1.807, 2.05) is 0 Å². The number of aliphatic imine (C=N–C) groups is 1. The van der Waals surface area contributed by atoms with Crippen LogP contribution >= 0.6 is 0 Å². The van der Waals surface area contributed by atoms with Crippen LogP contribution in [-0.4, -0.2) is 12.2 Å². The fourth-order valence-corrected chi connectivity index (χ4v) is 2.21. The van der Waals surface area contributed by atoms with Crippen molar-refractivity contribution in [2.45, 2.75) is 32.0 Å². The van der Waals surface area contributed by atoms with E-state index in [9.17, 15) is 13.2 Å². The van der Waals surface area contributed by atoms with Crippen LogP contribution in [0.3, 0.4) is 0 Å². The van der Waals surface area contributed by atoms with Crippen molar-refractivity contribution in [3.05, 3.63) is 24.3 Å². The lowest BCUT2D eigenvalue weighted by Gasteiger charge is -2.12. The molecule has 0 bridgehead atoms. The normalized spacial score (nSPS) is 17.7. The number of rotatable bonds is 3. The van der Waals surface area contributed by atoms with Gasteiger partial charge < -0.3 is 10.5 Å². The van der Waals surface area contributed by atoms with E-state index in [1.54, 1.807) is 6.07 Å². The molecule has 1 aliphatic carbocycles. The number of nitrogens with zero attached hydrogens (tertiary/aromatic N) is 1. The van der Waals surface area contributed by atoms with Crippen molar-refractivity contribution in [2.75, 3.05) is 0 Å². The maximum atomic E-state index is 12.3. The Balaban J connectivity index is 2.21. The van der Waals surface area contributed by atoms with Crippen LogP contribution in [0.15, 0.2) is 29.3 Å². The largest absolute Gasteiger partial charge is 0.573 e. The van der Waals surface area contributed by atoms with Crippen molar-refractivity contribution in [3.8, 4) is 5.75 Å². The summed E-state index contributed by atoms with van der Waals surface area (Å²) in [6, 6.07) is 5.76. The van der Waals surface area contributed by atoms with E-state index >= 15 is 0 Å².